The minimum Gasteiger partial charge on any atom is -0.384 e. The zero-order valence-electron chi connectivity index (χ0n) is 10.5. The third kappa shape index (κ3) is 2.87. The van der Waals surface area contributed by atoms with Crippen molar-refractivity contribution in [1.29, 1.82) is 0 Å². The Morgan fingerprint density at radius 3 is 2.47 bits per heavy atom. The van der Waals surface area contributed by atoms with E-state index in [0.717, 1.165) is 31.6 Å². The zero-order chi connectivity index (χ0) is 12.5. The van der Waals surface area contributed by atoms with E-state index < -0.39 is 5.67 Å². The van der Waals surface area contributed by atoms with Gasteiger partial charge in [0.1, 0.15) is 11.5 Å². The van der Waals surface area contributed by atoms with E-state index in [1.807, 2.05) is 6.07 Å². The van der Waals surface area contributed by atoms with Crippen LogP contribution in [0.1, 0.15) is 26.7 Å². The molecule has 1 aromatic heterocycles. The van der Waals surface area contributed by atoms with Gasteiger partial charge in [-0.1, -0.05) is 0 Å². The quantitative estimate of drug-likeness (QED) is 0.859. The Bertz CT molecular complexity index is 361. The largest absolute Gasteiger partial charge is 0.384 e. The summed E-state index contributed by atoms with van der Waals surface area (Å²) in [4.78, 5) is 6.33. The molecule has 2 N–H and O–H groups in total. The molecule has 94 valence electrons. The van der Waals surface area contributed by atoms with Crippen LogP contribution in [0.3, 0.4) is 0 Å². The number of alkyl halides is 1. The lowest BCUT2D eigenvalue weighted by atomic mass is 9.84. The van der Waals surface area contributed by atoms with Crippen molar-refractivity contribution in [2.75, 3.05) is 23.7 Å². The van der Waals surface area contributed by atoms with Gasteiger partial charge in [0.2, 0.25) is 0 Å². The number of nitrogen functional groups attached to an aromatic ring is 1. The number of hydrogen-bond acceptors (Lipinski definition) is 3. The number of nitrogens with two attached hydrogens (primary N) is 1. The van der Waals surface area contributed by atoms with Crippen molar-refractivity contribution in [3.8, 4) is 0 Å². The first kappa shape index (κ1) is 12.1. The van der Waals surface area contributed by atoms with Crippen LogP contribution in [0.25, 0.3) is 0 Å². The molecule has 0 aliphatic carbocycles. The van der Waals surface area contributed by atoms with Crippen LogP contribution in [0.15, 0.2) is 18.3 Å². The second kappa shape index (κ2) is 4.51. The van der Waals surface area contributed by atoms with Gasteiger partial charge in [-0.2, -0.15) is 0 Å². The molecule has 1 aromatic rings. The highest BCUT2D eigenvalue weighted by molar-refractivity contribution is 5.48. The monoisotopic (exact) mass is 237 g/mol. The van der Waals surface area contributed by atoms with Crippen LogP contribution in [0.2, 0.25) is 0 Å². The van der Waals surface area contributed by atoms with E-state index in [9.17, 15) is 4.39 Å². The predicted octanol–water partition coefficient (Wildman–Crippen LogP) is 2.63. The van der Waals surface area contributed by atoms with E-state index in [2.05, 4.69) is 9.88 Å². The minimum absolute atomic E-state index is 0.167. The summed E-state index contributed by atoms with van der Waals surface area (Å²) in [6.45, 7) is 5.14. The van der Waals surface area contributed by atoms with Crippen molar-refractivity contribution < 1.29 is 4.39 Å². The summed E-state index contributed by atoms with van der Waals surface area (Å²) in [7, 11) is 0. The summed E-state index contributed by atoms with van der Waals surface area (Å²) in [5, 5.41) is 0. The van der Waals surface area contributed by atoms with Gasteiger partial charge in [-0.3, -0.25) is 0 Å². The second-order valence-electron chi connectivity index (χ2n) is 5.27. The van der Waals surface area contributed by atoms with Crippen LogP contribution in [0.4, 0.5) is 15.9 Å². The van der Waals surface area contributed by atoms with Crippen LogP contribution in [0, 0.1) is 5.92 Å². The number of anilines is 2. The molecule has 0 spiro atoms. The fourth-order valence-electron chi connectivity index (χ4n) is 2.41. The fourth-order valence-corrected chi connectivity index (χ4v) is 2.41. The van der Waals surface area contributed by atoms with E-state index in [1.165, 1.54) is 0 Å². The lowest BCUT2D eigenvalue weighted by Gasteiger charge is -2.37. The molecule has 2 heterocycles. The maximum atomic E-state index is 13.8. The van der Waals surface area contributed by atoms with Crippen molar-refractivity contribution in [2.45, 2.75) is 32.4 Å². The summed E-state index contributed by atoms with van der Waals surface area (Å²) < 4.78 is 13.8. The minimum atomic E-state index is -1.06. The molecule has 0 aromatic carbocycles. The Morgan fingerprint density at radius 2 is 2.00 bits per heavy atom. The molecule has 17 heavy (non-hydrogen) atoms. The van der Waals surface area contributed by atoms with Crippen molar-refractivity contribution in [2.24, 2.45) is 5.92 Å². The van der Waals surface area contributed by atoms with Gasteiger partial charge in [0.05, 0.1) is 11.9 Å². The first-order valence-electron chi connectivity index (χ1n) is 6.12. The molecule has 0 bridgehead atoms. The van der Waals surface area contributed by atoms with Crippen LogP contribution < -0.4 is 10.6 Å². The topological polar surface area (TPSA) is 42.1 Å². The van der Waals surface area contributed by atoms with Crippen molar-refractivity contribution >= 4 is 11.5 Å². The molecule has 0 amide bonds. The van der Waals surface area contributed by atoms with Crippen LogP contribution in [0.5, 0.6) is 0 Å². The molecule has 1 fully saturated rings. The van der Waals surface area contributed by atoms with Crippen LogP contribution >= 0.6 is 0 Å². The number of nitrogens with zero attached hydrogens (tertiary/aromatic N) is 2. The summed E-state index contributed by atoms with van der Waals surface area (Å²) in [5.74, 6) is 0.703. The van der Waals surface area contributed by atoms with E-state index in [0.29, 0.717) is 5.82 Å². The van der Waals surface area contributed by atoms with Crippen molar-refractivity contribution in [3.05, 3.63) is 18.3 Å². The molecule has 3 nitrogen and oxygen atoms in total. The molecule has 1 aliphatic rings. The zero-order valence-corrected chi connectivity index (χ0v) is 10.5. The number of hydrogen-bond donors (Lipinski definition) is 1. The van der Waals surface area contributed by atoms with E-state index in [1.54, 1.807) is 26.1 Å². The number of halogens is 1. The van der Waals surface area contributed by atoms with Gasteiger partial charge >= 0.3 is 0 Å². The summed E-state index contributed by atoms with van der Waals surface area (Å²) in [5.41, 5.74) is 5.57. The molecule has 0 saturated carbocycles. The molecule has 2 rings (SSSR count). The number of piperidine rings is 1. The van der Waals surface area contributed by atoms with E-state index >= 15 is 0 Å². The SMILES string of the molecule is CC(C)(F)C1CCN(c2ccc(N)nc2)CC1. The Kier molecular flexibility index (Phi) is 3.22. The lowest BCUT2D eigenvalue weighted by molar-refractivity contribution is 0.104. The smallest absolute Gasteiger partial charge is 0.123 e. The lowest BCUT2D eigenvalue weighted by Crippen LogP contribution is -2.40. The molecular weight excluding hydrogens is 217 g/mol. The first-order chi connectivity index (χ1) is 7.97. The highest BCUT2D eigenvalue weighted by Gasteiger charge is 2.32. The third-order valence-electron chi connectivity index (χ3n) is 3.60. The molecule has 0 unspecified atom stereocenters. The average Bonchev–Trinajstić information content (AvgIpc) is 2.29. The van der Waals surface area contributed by atoms with Gasteiger partial charge in [-0.05, 0) is 44.7 Å². The second-order valence-corrected chi connectivity index (χ2v) is 5.27. The Balaban J connectivity index is 1.97. The maximum absolute atomic E-state index is 13.8. The molecule has 4 heteroatoms. The van der Waals surface area contributed by atoms with Gasteiger partial charge < -0.3 is 10.6 Å². The maximum Gasteiger partial charge on any atom is 0.123 e. The Morgan fingerprint density at radius 1 is 1.35 bits per heavy atom. The van der Waals surface area contributed by atoms with Crippen molar-refractivity contribution in [1.82, 2.24) is 4.98 Å². The average molecular weight is 237 g/mol. The number of pyridine rings is 1. The van der Waals surface area contributed by atoms with Crippen LogP contribution in [-0.4, -0.2) is 23.7 Å². The first-order valence-corrected chi connectivity index (χ1v) is 6.12. The molecule has 0 radical (unpaired) electrons. The molecule has 0 atom stereocenters. The highest BCUT2D eigenvalue weighted by atomic mass is 19.1. The predicted molar refractivity (Wildman–Crippen MR) is 68.8 cm³/mol. The Hall–Kier alpha value is -1.32. The molecule has 1 saturated heterocycles. The number of rotatable bonds is 2. The highest BCUT2D eigenvalue weighted by Crippen LogP contribution is 2.32. The van der Waals surface area contributed by atoms with Gasteiger partial charge in [0, 0.05) is 13.1 Å². The van der Waals surface area contributed by atoms with Gasteiger partial charge in [0.15, 0.2) is 0 Å². The van der Waals surface area contributed by atoms with Crippen LogP contribution in [-0.2, 0) is 0 Å². The third-order valence-corrected chi connectivity index (χ3v) is 3.60. The van der Waals surface area contributed by atoms with E-state index in [-0.39, 0.29) is 5.92 Å². The normalized spacial score (nSPS) is 18.4. The van der Waals surface area contributed by atoms with Gasteiger partial charge in [0.25, 0.3) is 0 Å². The van der Waals surface area contributed by atoms with Crippen molar-refractivity contribution in [3.63, 3.8) is 0 Å². The van der Waals surface area contributed by atoms with Gasteiger partial charge in [-0.25, -0.2) is 9.37 Å². The number of aromatic nitrogens is 1. The molecular formula is C13H20FN3. The van der Waals surface area contributed by atoms with Gasteiger partial charge in [-0.15, -0.1) is 0 Å². The fraction of sp³-hybridized carbons (Fsp3) is 0.615. The molecule has 1 aliphatic heterocycles. The Labute approximate surface area is 102 Å². The standard InChI is InChI=1S/C13H20FN3/c1-13(2,14)10-5-7-17(8-6-10)11-3-4-12(15)16-9-11/h3-4,9-10H,5-8H2,1-2H3,(H2,15,16). The summed E-state index contributed by atoms with van der Waals surface area (Å²) in [6, 6.07) is 3.78. The summed E-state index contributed by atoms with van der Waals surface area (Å²) in [6.07, 6.45) is 3.58. The summed E-state index contributed by atoms with van der Waals surface area (Å²) >= 11 is 0. The van der Waals surface area contributed by atoms with E-state index in [4.69, 9.17) is 5.73 Å².